The van der Waals surface area contributed by atoms with Crippen molar-refractivity contribution >= 4 is 30.1 Å². The van der Waals surface area contributed by atoms with E-state index in [0.29, 0.717) is 5.56 Å². The van der Waals surface area contributed by atoms with E-state index in [1.54, 1.807) is 23.9 Å². The SMILES string of the molecule is CCC1Sc2ncc(C(=O)O)n2C1(C)c1ccc(C#N)cc1.Cl. The van der Waals surface area contributed by atoms with Gasteiger partial charge in [0.25, 0.3) is 0 Å². The number of fused-ring (bicyclic) bond motifs is 1. The zero-order valence-electron chi connectivity index (χ0n) is 12.7. The van der Waals surface area contributed by atoms with E-state index in [4.69, 9.17) is 5.26 Å². The minimum atomic E-state index is -0.976. The first-order chi connectivity index (χ1) is 10.5. The van der Waals surface area contributed by atoms with Crippen LogP contribution >= 0.6 is 24.2 Å². The number of thioether (sulfide) groups is 1. The Hall–Kier alpha value is -1.97. The molecular formula is C16H16ClN3O2S. The van der Waals surface area contributed by atoms with Gasteiger partial charge in [0.05, 0.1) is 23.4 Å². The van der Waals surface area contributed by atoms with E-state index in [9.17, 15) is 9.90 Å². The third-order valence-electron chi connectivity index (χ3n) is 4.26. The van der Waals surface area contributed by atoms with Gasteiger partial charge in [-0.1, -0.05) is 30.8 Å². The maximum Gasteiger partial charge on any atom is 0.354 e. The molecule has 0 saturated heterocycles. The van der Waals surface area contributed by atoms with E-state index >= 15 is 0 Å². The number of carboxylic acids is 1. The highest BCUT2D eigenvalue weighted by Crippen LogP contribution is 2.49. The van der Waals surface area contributed by atoms with Crippen LogP contribution < -0.4 is 0 Å². The van der Waals surface area contributed by atoms with Crippen molar-refractivity contribution in [2.24, 2.45) is 0 Å². The fourth-order valence-electron chi connectivity index (χ4n) is 3.08. The third kappa shape index (κ3) is 2.50. The molecule has 1 aromatic heterocycles. The van der Waals surface area contributed by atoms with Crippen molar-refractivity contribution in [3.8, 4) is 6.07 Å². The summed E-state index contributed by atoms with van der Waals surface area (Å²) in [5, 5.41) is 19.3. The van der Waals surface area contributed by atoms with Gasteiger partial charge in [-0.15, -0.1) is 12.4 Å². The smallest absolute Gasteiger partial charge is 0.354 e. The first-order valence-corrected chi connectivity index (χ1v) is 7.89. The van der Waals surface area contributed by atoms with E-state index in [2.05, 4.69) is 18.0 Å². The minimum Gasteiger partial charge on any atom is -0.477 e. The number of imidazole rings is 1. The van der Waals surface area contributed by atoms with E-state index in [0.717, 1.165) is 17.1 Å². The maximum absolute atomic E-state index is 11.5. The van der Waals surface area contributed by atoms with Gasteiger partial charge in [0.15, 0.2) is 5.16 Å². The van der Waals surface area contributed by atoms with Crippen LogP contribution in [0.15, 0.2) is 35.6 Å². The molecule has 0 spiro atoms. The quantitative estimate of drug-likeness (QED) is 0.917. The first kappa shape index (κ1) is 17.4. The van der Waals surface area contributed by atoms with E-state index in [1.807, 2.05) is 23.6 Å². The van der Waals surface area contributed by atoms with Crippen LogP contribution in [0.5, 0.6) is 0 Å². The highest BCUT2D eigenvalue weighted by atomic mass is 35.5. The van der Waals surface area contributed by atoms with Gasteiger partial charge in [0.1, 0.15) is 5.69 Å². The summed E-state index contributed by atoms with van der Waals surface area (Å²) in [5.74, 6) is -0.976. The van der Waals surface area contributed by atoms with Crippen molar-refractivity contribution in [1.82, 2.24) is 9.55 Å². The molecule has 0 amide bonds. The second kappa shape index (κ2) is 6.26. The Labute approximate surface area is 144 Å². The van der Waals surface area contributed by atoms with E-state index in [-0.39, 0.29) is 23.4 Å². The lowest BCUT2D eigenvalue weighted by Gasteiger charge is -2.33. The molecule has 2 atom stereocenters. The molecule has 3 rings (SSSR count). The number of carbonyl (C=O) groups is 1. The molecule has 0 bridgehead atoms. The van der Waals surface area contributed by atoms with Crippen LogP contribution in [-0.2, 0) is 5.54 Å². The Balaban J connectivity index is 0.00000192. The molecule has 23 heavy (non-hydrogen) atoms. The molecule has 1 aliphatic rings. The van der Waals surface area contributed by atoms with E-state index < -0.39 is 11.5 Å². The van der Waals surface area contributed by atoms with Crippen molar-refractivity contribution in [1.29, 1.82) is 5.26 Å². The number of halogens is 1. The zero-order valence-corrected chi connectivity index (χ0v) is 14.3. The molecular weight excluding hydrogens is 334 g/mol. The summed E-state index contributed by atoms with van der Waals surface area (Å²) < 4.78 is 1.82. The highest BCUT2D eigenvalue weighted by Gasteiger charge is 2.47. The molecule has 5 nitrogen and oxygen atoms in total. The number of aromatic carboxylic acids is 1. The van der Waals surface area contributed by atoms with Gasteiger partial charge >= 0.3 is 5.97 Å². The molecule has 2 aromatic rings. The third-order valence-corrected chi connectivity index (χ3v) is 5.83. The van der Waals surface area contributed by atoms with Crippen LogP contribution in [0, 0.1) is 11.3 Å². The molecule has 2 heterocycles. The monoisotopic (exact) mass is 349 g/mol. The standard InChI is InChI=1S/C16H15N3O2S.ClH/c1-3-13-16(2,11-6-4-10(8-17)5-7-11)19-12(14(20)21)9-18-15(19)22-13;/h4-7,9,13H,3H2,1-2H3,(H,20,21);1H. The Morgan fingerprint density at radius 3 is 2.65 bits per heavy atom. The van der Waals surface area contributed by atoms with Crippen LogP contribution in [0.3, 0.4) is 0 Å². The second-order valence-corrected chi connectivity index (χ2v) is 6.59. The lowest BCUT2D eigenvalue weighted by Crippen LogP contribution is -2.39. The van der Waals surface area contributed by atoms with Gasteiger partial charge in [-0.25, -0.2) is 9.78 Å². The summed E-state index contributed by atoms with van der Waals surface area (Å²) in [7, 11) is 0. The predicted octanol–water partition coefficient (Wildman–Crippen LogP) is 3.52. The molecule has 0 aliphatic carbocycles. The molecule has 0 radical (unpaired) electrons. The van der Waals surface area contributed by atoms with Gasteiger partial charge in [-0.2, -0.15) is 5.26 Å². The van der Waals surface area contributed by atoms with Crippen molar-refractivity contribution in [2.75, 3.05) is 0 Å². The molecule has 1 N–H and O–H groups in total. The molecule has 120 valence electrons. The number of hydrogen-bond donors (Lipinski definition) is 1. The van der Waals surface area contributed by atoms with Gasteiger partial charge in [-0.05, 0) is 31.0 Å². The maximum atomic E-state index is 11.5. The Morgan fingerprint density at radius 2 is 2.13 bits per heavy atom. The molecule has 0 saturated carbocycles. The summed E-state index contributed by atoms with van der Waals surface area (Å²) in [5.41, 5.74) is 1.29. The van der Waals surface area contributed by atoms with Gasteiger partial charge in [0.2, 0.25) is 0 Å². The molecule has 1 aromatic carbocycles. The molecule has 1 aliphatic heterocycles. The molecule has 7 heteroatoms. The number of benzene rings is 1. The Morgan fingerprint density at radius 1 is 1.48 bits per heavy atom. The summed E-state index contributed by atoms with van der Waals surface area (Å²) in [6.07, 6.45) is 2.31. The van der Waals surface area contributed by atoms with Crippen molar-refractivity contribution in [2.45, 2.75) is 36.2 Å². The van der Waals surface area contributed by atoms with Crippen molar-refractivity contribution < 1.29 is 9.90 Å². The van der Waals surface area contributed by atoms with Crippen LogP contribution in [0.1, 0.15) is 41.9 Å². The second-order valence-electron chi connectivity index (χ2n) is 5.42. The van der Waals surface area contributed by atoms with Gasteiger partial charge in [-0.3, -0.25) is 0 Å². The number of hydrogen-bond acceptors (Lipinski definition) is 4. The fraction of sp³-hybridized carbons (Fsp3) is 0.312. The molecule has 0 fully saturated rings. The number of nitrogens with zero attached hydrogens (tertiary/aromatic N) is 3. The highest BCUT2D eigenvalue weighted by molar-refractivity contribution is 8.00. The topological polar surface area (TPSA) is 78.9 Å². The Bertz CT molecular complexity index is 782. The lowest BCUT2D eigenvalue weighted by molar-refractivity contribution is 0.0677. The van der Waals surface area contributed by atoms with Crippen LogP contribution in [0.2, 0.25) is 0 Å². The molecule has 2 unspecified atom stereocenters. The van der Waals surface area contributed by atoms with Crippen LogP contribution in [0.25, 0.3) is 0 Å². The van der Waals surface area contributed by atoms with E-state index in [1.165, 1.54) is 6.20 Å². The number of rotatable bonds is 3. The van der Waals surface area contributed by atoms with Crippen molar-refractivity contribution in [3.63, 3.8) is 0 Å². The largest absolute Gasteiger partial charge is 0.477 e. The predicted molar refractivity (Wildman–Crippen MR) is 90.3 cm³/mol. The fourth-order valence-corrected chi connectivity index (χ4v) is 4.48. The number of aromatic nitrogens is 2. The van der Waals surface area contributed by atoms with Gasteiger partial charge < -0.3 is 9.67 Å². The Kier molecular flexibility index (Phi) is 4.73. The summed E-state index contributed by atoms with van der Waals surface area (Å²) in [6, 6.07) is 9.46. The minimum absolute atomic E-state index is 0. The first-order valence-electron chi connectivity index (χ1n) is 7.01. The normalized spacial score (nSPS) is 22.0. The average molecular weight is 350 g/mol. The lowest BCUT2D eigenvalue weighted by atomic mass is 9.86. The summed E-state index contributed by atoms with van der Waals surface area (Å²) in [4.78, 5) is 15.8. The van der Waals surface area contributed by atoms with Gasteiger partial charge in [0, 0.05) is 5.25 Å². The number of carboxylic acid groups (broad SMARTS) is 1. The summed E-state index contributed by atoms with van der Waals surface area (Å²) in [6.45, 7) is 4.13. The van der Waals surface area contributed by atoms with Crippen molar-refractivity contribution in [3.05, 3.63) is 47.3 Å². The number of nitriles is 1. The van der Waals surface area contributed by atoms with Crippen LogP contribution in [0.4, 0.5) is 0 Å². The van der Waals surface area contributed by atoms with Crippen LogP contribution in [-0.4, -0.2) is 25.9 Å². The average Bonchev–Trinajstić information content (AvgIpc) is 3.07. The summed E-state index contributed by atoms with van der Waals surface area (Å²) >= 11 is 1.61. The zero-order chi connectivity index (χ0) is 15.9.